The molecule has 2 fully saturated rings. The van der Waals surface area contributed by atoms with Crippen LogP contribution in [0.2, 0.25) is 0 Å². The zero-order valence-electron chi connectivity index (χ0n) is 14.3. The molecule has 0 radical (unpaired) electrons. The van der Waals surface area contributed by atoms with E-state index >= 15 is 0 Å². The number of rotatable bonds is 3. The van der Waals surface area contributed by atoms with Gasteiger partial charge in [0.1, 0.15) is 5.41 Å². The molecule has 2 aliphatic rings. The summed E-state index contributed by atoms with van der Waals surface area (Å²) in [5.41, 5.74) is -1.31. The number of hydrogen-bond donors (Lipinski definition) is 2. The van der Waals surface area contributed by atoms with Crippen LogP contribution in [0.1, 0.15) is 53.9 Å². The van der Waals surface area contributed by atoms with Gasteiger partial charge in [0, 0.05) is 5.71 Å². The van der Waals surface area contributed by atoms with Gasteiger partial charge in [0.05, 0.1) is 0 Å². The number of carboxylic acid groups (broad SMARTS) is 2. The molecule has 2 saturated carbocycles. The predicted molar refractivity (Wildman–Crippen MR) is 80.2 cm³/mol. The van der Waals surface area contributed by atoms with Crippen molar-refractivity contribution in [3.05, 3.63) is 0 Å². The van der Waals surface area contributed by atoms with Crippen LogP contribution in [0.15, 0.2) is 4.99 Å². The van der Waals surface area contributed by atoms with Gasteiger partial charge in [0.2, 0.25) is 0 Å². The Morgan fingerprint density at radius 3 is 2.13 bits per heavy atom. The predicted octanol–water partition coefficient (Wildman–Crippen LogP) is 2.72. The molecule has 2 N–H and O–H groups in total. The second-order valence-corrected chi connectivity index (χ2v) is 8.05. The molecule has 129 valence electrons. The van der Waals surface area contributed by atoms with Crippen LogP contribution in [0, 0.1) is 22.2 Å². The number of aliphatic carboxylic acids is 2. The molecule has 0 aromatic heterocycles. The third kappa shape index (κ3) is 3.03. The van der Waals surface area contributed by atoms with Gasteiger partial charge < -0.3 is 10.2 Å². The Kier molecular flexibility index (Phi) is 5.64. The van der Waals surface area contributed by atoms with Crippen LogP contribution in [0.3, 0.4) is 0 Å². The summed E-state index contributed by atoms with van der Waals surface area (Å²) in [4.78, 5) is 28.0. The Morgan fingerprint density at radius 1 is 1.26 bits per heavy atom. The Balaban J connectivity index is 0.00000127. The minimum absolute atomic E-state index is 0.279. The van der Waals surface area contributed by atoms with E-state index in [0.29, 0.717) is 18.6 Å². The van der Waals surface area contributed by atoms with Crippen molar-refractivity contribution in [2.45, 2.75) is 59.9 Å². The molecule has 23 heavy (non-hydrogen) atoms. The number of hydrogen-bond acceptors (Lipinski definition) is 4. The summed E-state index contributed by atoms with van der Waals surface area (Å²) < 4.78 is 8.19. The molecule has 0 saturated heterocycles. The van der Waals surface area contributed by atoms with Crippen LogP contribution in [-0.2, 0) is 30.6 Å². The van der Waals surface area contributed by atoms with Gasteiger partial charge in [0.25, 0.3) is 0 Å². The summed E-state index contributed by atoms with van der Waals surface area (Å²) in [6, 6.07) is -0.904. The Labute approximate surface area is 146 Å². The van der Waals surface area contributed by atoms with Crippen molar-refractivity contribution in [2.75, 3.05) is 0 Å². The van der Waals surface area contributed by atoms with Crippen LogP contribution in [0.5, 0.6) is 0 Å². The topological polar surface area (TPSA) is 104 Å². The number of carboxylic acids is 2. The van der Waals surface area contributed by atoms with E-state index in [2.05, 4.69) is 4.99 Å². The van der Waals surface area contributed by atoms with Crippen molar-refractivity contribution in [2.24, 2.45) is 27.2 Å². The van der Waals surface area contributed by atoms with Gasteiger partial charge in [-0.2, -0.15) is 0 Å². The SMILES string of the molecule is CC(C)(C)[C@H](N=C1C[C@H]2CC[C@]1(C(=O)O)C2(C)C)C(=O)O.[O]=[V]. The zero-order chi connectivity index (χ0) is 18.2. The summed E-state index contributed by atoms with van der Waals surface area (Å²) in [5, 5.41) is 19.3. The third-order valence-corrected chi connectivity index (χ3v) is 5.63. The summed E-state index contributed by atoms with van der Waals surface area (Å²) in [6.45, 7) is 9.42. The molecule has 7 heteroatoms. The molecule has 2 aliphatic carbocycles. The average Bonchev–Trinajstić information content (AvgIpc) is 2.81. The minimum atomic E-state index is -0.990. The quantitative estimate of drug-likeness (QED) is 0.803. The van der Waals surface area contributed by atoms with Crippen LogP contribution in [0.4, 0.5) is 0 Å². The molecule has 2 rings (SSSR count). The van der Waals surface area contributed by atoms with E-state index in [1.807, 2.05) is 34.6 Å². The fourth-order valence-electron chi connectivity index (χ4n) is 4.15. The van der Waals surface area contributed by atoms with Crippen molar-refractivity contribution < 1.29 is 40.8 Å². The maximum absolute atomic E-state index is 12.0. The summed E-state index contributed by atoms with van der Waals surface area (Å²) in [7, 11) is 0. The zero-order valence-corrected chi connectivity index (χ0v) is 15.7. The Morgan fingerprint density at radius 2 is 1.78 bits per heavy atom. The van der Waals surface area contributed by atoms with E-state index in [4.69, 9.17) is 3.67 Å². The molecule has 0 spiro atoms. The van der Waals surface area contributed by atoms with E-state index in [1.165, 1.54) is 0 Å². The molecule has 0 heterocycles. The molecule has 0 unspecified atom stereocenters. The number of nitrogens with zero attached hydrogens (tertiary/aromatic N) is 1. The molecule has 0 aliphatic heterocycles. The first-order valence-corrected chi connectivity index (χ1v) is 8.23. The fraction of sp³-hybridized carbons (Fsp3) is 0.812. The Hall–Kier alpha value is -1.01. The second-order valence-electron chi connectivity index (χ2n) is 8.05. The number of fused-ring (bicyclic) bond motifs is 2. The van der Waals surface area contributed by atoms with E-state index in [9.17, 15) is 19.8 Å². The summed E-state index contributed by atoms with van der Waals surface area (Å²) in [5.74, 6) is -1.57. The van der Waals surface area contributed by atoms with Gasteiger partial charge in [-0.3, -0.25) is 9.79 Å². The summed E-state index contributed by atoms with van der Waals surface area (Å²) >= 11 is 1.06. The van der Waals surface area contributed by atoms with Crippen molar-refractivity contribution in [1.29, 1.82) is 0 Å². The van der Waals surface area contributed by atoms with Crippen molar-refractivity contribution >= 4 is 17.7 Å². The molecular weight excluding hydrogens is 337 g/mol. The fourth-order valence-corrected chi connectivity index (χ4v) is 4.15. The van der Waals surface area contributed by atoms with Gasteiger partial charge >= 0.3 is 33.0 Å². The number of carbonyl (C=O) groups is 2. The molecule has 3 atom stereocenters. The number of aliphatic imine (C=N–C) groups is 1. The Bertz CT molecular complexity index is 537. The standard InChI is InChI=1S/C16H25NO4.O.V/c1-14(2,3)11(12(18)19)17-10-8-9-6-7-16(10,13(20)21)15(9,4)5;;/h9,11H,6-8H2,1-5H3,(H,18,19)(H,20,21);;/t9-,11-,16+;;/m1../s1. The first-order chi connectivity index (χ1) is 10.4. The molecule has 2 bridgehead atoms. The van der Waals surface area contributed by atoms with Crippen LogP contribution < -0.4 is 0 Å². The average molecular weight is 362 g/mol. The van der Waals surface area contributed by atoms with E-state index < -0.39 is 28.8 Å². The van der Waals surface area contributed by atoms with E-state index in [-0.39, 0.29) is 11.3 Å². The maximum atomic E-state index is 12.0. The first kappa shape index (κ1) is 20.0. The molecular formula is C16H25NO5V. The first-order valence-electron chi connectivity index (χ1n) is 7.66. The van der Waals surface area contributed by atoms with Crippen LogP contribution in [0.25, 0.3) is 0 Å². The normalized spacial score (nSPS) is 31.3. The van der Waals surface area contributed by atoms with Crippen LogP contribution >= 0.6 is 0 Å². The van der Waals surface area contributed by atoms with Gasteiger partial charge in [0.15, 0.2) is 6.04 Å². The molecule has 6 nitrogen and oxygen atoms in total. The van der Waals surface area contributed by atoms with Gasteiger partial charge in [-0.1, -0.05) is 34.6 Å². The molecule has 0 aromatic carbocycles. The third-order valence-electron chi connectivity index (χ3n) is 5.63. The van der Waals surface area contributed by atoms with E-state index in [1.54, 1.807) is 0 Å². The van der Waals surface area contributed by atoms with Crippen molar-refractivity contribution in [1.82, 2.24) is 0 Å². The summed E-state index contributed by atoms with van der Waals surface area (Å²) in [6.07, 6.45) is 2.06. The van der Waals surface area contributed by atoms with E-state index in [0.717, 1.165) is 23.8 Å². The van der Waals surface area contributed by atoms with Gasteiger partial charge in [-0.05, 0) is 36.0 Å². The monoisotopic (exact) mass is 362 g/mol. The molecule has 0 amide bonds. The second kappa shape index (κ2) is 6.48. The van der Waals surface area contributed by atoms with Crippen LogP contribution in [-0.4, -0.2) is 33.9 Å². The van der Waals surface area contributed by atoms with Crippen molar-refractivity contribution in [3.8, 4) is 0 Å². The van der Waals surface area contributed by atoms with Gasteiger partial charge in [-0.15, -0.1) is 0 Å². The van der Waals surface area contributed by atoms with Crippen molar-refractivity contribution in [3.63, 3.8) is 0 Å². The van der Waals surface area contributed by atoms with Gasteiger partial charge in [-0.25, -0.2) is 4.79 Å². The molecule has 0 aromatic rings.